The van der Waals surface area contributed by atoms with Crippen molar-refractivity contribution in [2.45, 2.75) is 32.2 Å². The molecule has 0 atom stereocenters. The molecule has 0 amide bonds. The molecule has 4 rings (SSSR count). The first-order valence-corrected chi connectivity index (χ1v) is 8.27. The Balaban J connectivity index is 1.63. The first-order valence-electron chi connectivity index (χ1n) is 7.90. The third-order valence-electron chi connectivity index (χ3n) is 4.92. The number of nitrogens with zero attached hydrogens (tertiary/aromatic N) is 1. The van der Waals surface area contributed by atoms with Crippen LogP contribution in [0, 0.1) is 5.41 Å². The van der Waals surface area contributed by atoms with Gasteiger partial charge >= 0.3 is 0 Å². The number of amidine groups is 1. The topological polar surface area (TPSA) is 24.4 Å². The second-order valence-electron chi connectivity index (χ2n) is 6.39. The van der Waals surface area contributed by atoms with Crippen molar-refractivity contribution in [2.24, 2.45) is 10.4 Å². The van der Waals surface area contributed by atoms with Crippen LogP contribution in [0.15, 0.2) is 53.5 Å². The van der Waals surface area contributed by atoms with Crippen LogP contribution < -0.4 is 5.32 Å². The van der Waals surface area contributed by atoms with Crippen LogP contribution in [0.5, 0.6) is 0 Å². The van der Waals surface area contributed by atoms with Gasteiger partial charge in [0, 0.05) is 16.1 Å². The molecule has 0 unspecified atom stereocenters. The van der Waals surface area contributed by atoms with Gasteiger partial charge in [-0.2, -0.15) is 0 Å². The molecule has 0 saturated heterocycles. The predicted octanol–water partition coefficient (Wildman–Crippen LogP) is 5.08. The first-order chi connectivity index (χ1) is 10.8. The Morgan fingerprint density at radius 2 is 1.95 bits per heavy atom. The van der Waals surface area contributed by atoms with Crippen LogP contribution in [0.1, 0.15) is 30.4 Å². The van der Waals surface area contributed by atoms with Gasteiger partial charge in [0.05, 0.1) is 6.54 Å². The summed E-state index contributed by atoms with van der Waals surface area (Å²) in [6.07, 6.45) is 4.90. The van der Waals surface area contributed by atoms with Crippen molar-refractivity contribution in [1.82, 2.24) is 0 Å². The molecule has 2 aromatic rings. The minimum absolute atomic E-state index is 0.243. The van der Waals surface area contributed by atoms with Crippen LogP contribution in [0.4, 0.5) is 5.69 Å². The lowest BCUT2D eigenvalue weighted by Crippen LogP contribution is -2.46. The van der Waals surface area contributed by atoms with E-state index < -0.39 is 0 Å². The van der Waals surface area contributed by atoms with E-state index >= 15 is 0 Å². The number of benzene rings is 2. The fourth-order valence-electron chi connectivity index (χ4n) is 3.53. The van der Waals surface area contributed by atoms with Gasteiger partial charge in [0.2, 0.25) is 0 Å². The largest absolute Gasteiger partial charge is 0.343 e. The van der Waals surface area contributed by atoms with Crippen molar-refractivity contribution in [3.05, 3.63) is 64.7 Å². The lowest BCUT2D eigenvalue weighted by molar-refractivity contribution is 0.227. The van der Waals surface area contributed by atoms with E-state index in [2.05, 4.69) is 35.6 Å². The highest BCUT2D eigenvalue weighted by atomic mass is 35.5. The zero-order valence-electron chi connectivity index (χ0n) is 12.5. The average molecular weight is 311 g/mol. The van der Waals surface area contributed by atoms with E-state index in [0.717, 1.165) is 22.8 Å². The van der Waals surface area contributed by atoms with Gasteiger partial charge in [0.25, 0.3) is 0 Å². The lowest BCUT2D eigenvalue weighted by Gasteiger charge is -2.46. The molecule has 0 aromatic heterocycles. The Morgan fingerprint density at radius 3 is 2.73 bits per heavy atom. The third-order valence-corrected chi connectivity index (χ3v) is 5.16. The van der Waals surface area contributed by atoms with Crippen LogP contribution in [0.25, 0.3) is 0 Å². The first kappa shape index (κ1) is 13.8. The van der Waals surface area contributed by atoms with Crippen molar-refractivity contribution < 1.29 is 0 Å². The zero-order valence-corrected chi connectivity index (χ0v) is 13.2. The average Bonchev–Trinajstić information content (AvgIpc) is 2.50. The summed E-state index contributed by atoms with van der Waals surface area (Å²) in [4.78, 5) is 4.92. The van der Waals surface area contributed by atoms with Crippen LogP contribution in [0.2, 0.25) is 5.02 Å². The maximum Gasteiger partial charge on any atom is 0.108 e. The number of halogens is 1. The Hall–Kier alpha value is -1.80. The summed E-state index contributed by atoms with van der Waals surface area (Å²) < 4.78 is 0. The summed E-state index contributed by atoms with van der Waals surface area (Å²) in [6, 6.07) is 16.6. The molecule has 2 aromatic carbocycles. The van der Waals surface area contributed by atoms with E-state index in [-0.39, 0.29) is 5.41 Å². The second-order valence-corrected chi connectivity index (χ2v) is 6.82. The second kappa shape index (κ2) is 5.44. The van der Waals surface area contributed by atoms with Crippen molar-refractivity contribution in [3.8, 4) is 0 Å². The van der Waals surface area contributed by atoms with E-state index in [1.807, 2.05) is 18.2 Å². The summed E-state index contributed by atoms with van der Waals surface area (Å²) >= 11 is 6.06. The van der Waals surface area contributed by atoms with Crippen molar-refractivity contribution in [1.29, 1.82) is 0 Å². The molecule has 1 N–H and O–H groups in total. The van der Waals surface area contributed by atoms with Gasteiger partial charge in [-0.15, -0.1) is 0 Å². The molecule has 1 spiro atoms. The van der Waals surface area contributed by atoms with Gasteiger partial charge in [0.15, 0.2) is 0 Å². The molecular weight excluding hydrogens is 292 g/mol. The standard InChI is InChI=1S/C19H19ClN2/c20-16-7-3-5-14(11-16)13-21-18-19(9-4-10-19)12-15-6-1-2-8-17(15)22-18/h1-3,5-8,11H,4,9-10,12-13H2,(H,21,22). The highest BCUT2D eigenvalue weighted by Gasteiger charge is 2.44. The Labute approximate surface area is 136 Å². The maximum absolute atomic E-state index is 6.06. The Kier molecular flexibility index (Phi) is 3.42. The summed E-state index contributed by atoms with van der Waals surface area (Å²) in [5.74, 6) is 1.16. The molecule has 0 radical (unpaired) electrons. The molecule has 1 aliphatic carbocycles. The molecule has 1 aliphatic heterocycles. The van der Waals surface area contributed by atoms with Crippen molar-refractivity contribution in [3.63, 3.8) is 0 Å². The molecule has 1 saturated carbocycles. The van der Waals surface area contributed by atoms with Gasteiger partial charge < -0.3 is 5.32 Å². The van der Waals surface area contributed by atoms with Crippen LogP contribution in [-0.2, 0) is 13.0 Å². The normalized spacial score (nSPS) is 20.3. The molecular formula is C19H19ClN2. The summed E-state index contributed by atoms with van der Waals surface area (Å²) in [5, 5.41) is 4.37. The predicted molar refractivity (Wildman–Crippen MR) is 92.6 cm³/mol. The fraction of sp³-hybridized carbons (Fsp3) is 0.316. The number of fused-ring (bicyclic) bond motifs is 1. The van der Waals surface area contributed by atoms with E-state index in [0.29, 0.717) is 6.54 Å². The molecule has 22 heavy (non-hydrogen) atoms. The van der Waals surface area contributed by atoms with E-state index in [4.69, 9.17) is 16.6 Å². The van der Waals surface area contributed by atoms with Crippen molar-refractivity contribution >= 4 is 23.1 Å². The summed E-state index contributed by atoms with van der Waals surface area (Å²) in [7, 11) is 0. The number of nitrogens with one attached hydrogen (secondary N) is 1. The Bertz CT molecular complexity index is 732. The van der Waals surface area contributed by atoms with E-state index in [1.165, 1.54) is 30.5 Å². The quantitative estimate of drug-likeness (QED) is 0.822. The minimum Gasteiger partial charge on any atom is -0.343 e. The summed E-state index contributed by atoms with van der Waals surface area (Å²) in [5.41, 5.74) is 4.04. The fourth-order valence-corrected chi connectivity index (χ4v) is 3.75. The zero-order chi connectivity index (χ0) is 15.0. The summed E-state index contributed by atoms with van der Waals surface area (Å²) in [6.45, 7) is 0.687. The monoisotopic (exact) mass is 310 g/mol. The van der Waals surface area contributed by atoms with Gasteiger partial charge in [-0.25, -0.2) is 0 Å². The number of para-hydroxylation sites is 1. The molecule has 0 bridgehead atoms. The van der Waals surface area contributed by atoms with Gasteiger partial charge in [-0.3, -0.25) is 4.99 Å². The Morgan fingerprint density at radius 1 is 1.09 bits per heavy atom. The van der Waals surface area contributed by atoms with Gasteiger partial charge in [-0.05, 0) is 48.6 Å². The molecule has 1 fully saturated rings. The van der Waals surface area contributed by atoms with Crippen LogP contribution >= 0.6 is 11.6 Å². The SMILES string of the molecule is Clc1cccc(CN=C2Nc3ccccc3CC23CCC3)c1. The van der Waals surface area contributed by atoms with E-state index in [9.17, 15) is 0 Å². The number of hydrogen-bond donors (Lipinski definition) is 1. The molecule has 3 heteroatoms. The van der Waals surface area contributed by atoms with Gasteiger partial charge in [0.1, 0.15) is 5.84 Å². The minimum atomic E-state index is 0.243. The van der Waals surface area contributed by atoms with E-state index in [1.54, 1.807) is 0 Å². The number of hydrogen-bond acceptors (Lipinski definition) is 1. The van der Waals surface area contributed by atoms with Crippen LogP contribution in [-0.4, -0.2) is 5.84 Å². The number of aliphatic imine (C=N–C) groups is 1. The smallest absolute Gasteiger partial charge is 0.108 e. The lowest BCUT2D eigenvalue weighted by atomic mass is 9.63. The number of anilines is 1. The molecule has 112 valence electrons. The highest BCUT2D eigenvalue weighted by molar-refractivity contribution is 6.30. The van der Waals surface area contributed by atoms with Crippen LogP contribution in [0.3, 0.4) is 0 Å². The molecule has 1 heterocycles. The molecule has 2 nitrogen and oxygen atoms in total. The number of rotatable bonds is 2. The maximum atomic E-state index is 6.06. The van der Waals surface area contributed by atoms with Crippen molar-refractivity contribution in [2.75, 3.05) is 5.32 Å². The highest BCUT2D eigenvalue weighted by Crippen LogP contribution is 2.48. The molecule has 2 aliphatic rings. The van der Waals surface area contributed by atoms with Gasteiger partial charge in [-0.1, -0.05) is 48.4 Å². The third kappa shape index (κ3) is 2.42.